The first kappa shape index (κ1) is 20.3. The molecule has 160 valence electrons. The summed E-state index contributed by atoms with van der Waals surface area (Å²) in [5.74, 6) is -0.700. The summed E-state index contributed by atoms with van der Waals surface area (Å²) in [5, 5.41) is 16.4. The van der Waals surface area contributed by atoms with Gasteiger partial charge in [-0.15, -0.1) is 0 Å². The number of aromatic nitrogens is 1. The van der Waals surface area contributed by atoms with Gasteiger partial charge in [-0.2, -0.15) is 0 Å². The van der Waals surface area contributed by atoms with Gasteiger partial charge in [0.05, 0.1) is 16.5 Å². The number of oxazole rings is 1. The normalized spacial score (nSPS) is 13.2. The molecule has 0 spiro atoms. The number of benzene rings is 2. The summed E-state index contributed by atoms with van der Waals surface area (Å²) in [6, 6.07) is 10.8. The molecule has 2 aromatic carbocycles. The van der Waals surface area contributed by atoms with E-state index in [1.165, 1.54) is 22.8 Å². The van der Waals surface area contributed by atoms with Crippen molar-refractivity contribution in [1.29, 1.82) is 0 Å². The number of amides is 2. The van der Waals surface area contributed by atoms with Crippen molar-refractivity contribution in [1.82, 2.24) is 4.57 Å². The lowest BCUT2D eigenvalue weighted by atomic mass is 10.2. The van der Waals surface area contributed by atoms with E-state index in [-0.39, 0.29) is 42.0 Å². The number of fused-ring (bicyclic) bond motifs is 1. The van der Waals surface area contributed by atoms with Crippen LogP contribution in [0.15, 0.2) is 51.7 Å². The molecule has 1 aliphatic rings. The van der Waals surface area contributed by atoms with Gasteiger partial charge in [0, 0.05) is 36.3 Å². The van der Waals surface area contributed by atoms with Crippen LogP contribution in [0.4, 0.5) is 17.1 Å². The van der Waals surface area contributed by atoms with Crippen LogP contribution in [-0.2, 0) is 16.1 Å². The summed E-state index contributed by atoms with van der Waals surface area (Å²) in [6.07, 6.45) is 2.42. The number of hydrogen-bond acceptors (Lipinski definition) is 6. The minimum absolute atomic E-state index is 0.0217. The molecule has 10 heteroatoms. The molecule has 0 radical (unpaired) electrons. The van der Waals surface area contributed by atoms with Crippen molar-refractivity contribution in [2.45, 2.75) is 32.2 Å². The van der Waals surface area contributed by atoms with Crippen LogP contribution in [0.1, 0.15) is 25.7 Å². The molecule has 1 heterocycles. The molecule has 31 heavy (non-hydrogen) atoms. The van der Waals surface area contributed by atoms with Crippen LogP contribution in [0, 0.1) is 16.0 Å². The second kappa shape index (κ2) is 8.42. The van der Waals surface area contributed by atoms with E-state index in [2.05, 4.69) is 10.6 Å². The van der Waals surface area contributed by atoms with Gasteiger partial charge in [0.15, 0.2) is 5.58 Å². The third-order valence-electron chi connectivity index (χ3n) is 5.03. The first-order valence-corrected chi connectivity index (χ1v) is 9.89. The van der Waals surface area contributed by atoms with Crippen molar-refractivity contribution in [3.8, 4) is 0 Å². The summed E-state index contributed by atoms with van der Waals surface area (Å²) in [5.41, 5.74) is 1.71. The number of nitro groups is 1. The van der Waals surface area contributed by atoms with Gasteiger partial charge in [-0.05, 0) is 49.6 Å². The topological polar surface area (TPSA) is 136 Å². The molecular formula is C21H20N4O6. The van der Waals surface area contributed by atoms with Gasteiger partial charge < -0.3 is 15.1 Å². The highest BCUT2D eigenvalue weighted by Crippen LogP contribution is 2.30. The maximum atomic E-state index is 12.2. The Hall–Kier alpha value is -3.95. The van der Waals surface area contributed by atoms with Gasteiger partial charge in [-0.3, -0.25) is 24.3 Å². The molecule has 0 saturated heterocycles. The lowest BCUT2D eigenvalue weighted by Crippen LogP contribution is -2.17. The molecule has 1 aromatic heterocycles. The van der Waals surface area contributed by atoms with Crippen LogP contribution in [0.2, 0.25) is 0 Å². The van der Waals surface area contributed by atoms with E-state index in [9.17, 15) is 24.5 Å². The van der Waals surface area contributed by atoms with Crippen LogP contribution in [0.5, 0.6) is 0 Å². The Morgan fingerprint density at radius 2 is 1.77 bits per heavy atom. The molecule has 1 fully saturated rings. The number of nitrogens with one attached hydrogen (secondary N) is 2. The van der Waals surface area contributed by atoms with Gasteiger partial charge in [0.1, 0.15) is 0 Å². The lowest BCUT2D eigenvalue weighted by Gasteiger charge is -2.08. The molecule has 0 aliphatic heterocycles. The Kier molecular flexibility index (Phi) is 5.52. The lowest BCUT2D eigenvalue weighted by molar-refractivity contribution is -0.384. The molecule has 3 aromatic rings. The van der Waals surface area contributed by atoms with E-state index >= 15 is 0 Å². The van der Waals surface area contributed by atoms with Crippen molar-refractivity contribution < 1.29 is 18.9 Å². The zero-order chi connectivity index (χ0) is 22.0. The van der Waals surface area contributed by atoms with Crippen molar-refractivity contribution in [2.24, 2.45) is 5.92 Å². The Balaban J connectivity index is 1.30. The zero-order valence-electron chi connectivity index (χ0n) is 16.5. The molecule has 1 saturated carbocycles. The van der Waals surface area contributed by atoms with Crippen LogP contribution in [0.25, 0.3) is 11.1 Å². The van der Waals surface area contributed by atoms with E-state index in [0.717, 1.165) is 12.8 Å². The number of carbonyl (C=O) groups is 2. The summed E-state index contributed by atoms with van der Waals surface area (Å²) in [6.45, 7) is 0.239. The van der Waals surface area contributed by atoms with Crippen molar-refractivity contribution >= 4 is 40.0 Å². The number of non-ortho nitro benzene ring substituents is 1. The highest BCUT2D eigenvalue weighted by atomic mass is 16.6. The van der Waals surface area contributed by atoms with Gasteiger partial charge in [-0.1, -0.05) is 0 Å². The quantitative estimate of drug-likeness (QED) is 0.421. The van der Waals surface area contributed by atoms with Crippen LogP contribution >= 0.6 is 0 Å². The van der Waals surface area contributed by atoms with E-state index in [1.807, 2.05) is 0 Å². The largest absolute Gasteiger partial charge is 0.419 e. The van der Waals surface area contributed by atoms with Gasteiger partial charge >= 0.3 is 5.76 Å². The Bertz CT molecular complexity index is 1210. The summed E-state index contributed by atoms with van der Waals surface area (Å²) >= 11 is 0. The maximum Gasteiger partial charge on any atom is 0.419 e. The van der Waals surface area contributed by atoms with E-state index in [4.69, 9.17) is 4.42 Å². The van der Waals surface area contributed by atoms with Crippen molar-refractivity contribution in [3.63, 3.8) is 0 Å². The Labute approximate surface area is 176 Å². The Morgan fingerprint density at radius 3 is 2.42 bits per heavy atom. The maximum absolute atomic E-state index is 12.2. The average molecular weight is 424 g/mol. The molecular weight excluding hydrogens is 404 g/mol. The monoisotopic (exact) mass is 424 g/mol. The third-order valence-corrected chi connectivity index (χ3v) is 5.03. The zero-order valence-corrected chi connectivity index (χ0v) is 16.5. The van der Waals surface area contributed by atoms with Gasteiger partial charge in [0.25, 0.3) is 5.69 Å². The number of nitrogens with zero attached hydrogens (tertiary/aromatic N) is 2. The number of aryl methyl sites for hydroxylation is 1. The number of carbonyl (C=O) groups excluding carboxylic acids is 2. The number of hydrogen-bond donors (Lipinski definition) is 2. The Morgan fingerprint density at radius 1 is 1.10 bits per heavy atom. The van der Waals surface area contributed by atoms with E-state index < -0.39 is 10.7 Å². The smallest absolute Gasteiger partial charge is 0.407 e. The fourth-order valence-electron chi connectivity index (χ4n) is 3.23. The molecule has 2 amide bonds. The highest BCUT2D eigenvalue weighted by molar-refractivity contribution is 5.95. The fraction of sp³-hybridized carbons (Fsp3) is 0.286. The predicted molar refractivity (Wildman–Crippen MR) is 113 cm³/mol. The second-order valence-corrected chi connectivity index (χ2v) is 7.42. The number of rotatable bonds is 8. The molecule has 2 N–H and O–H groups in total. The van der Waals surface area contributed by atoms with Gasteiger partial charge in [0.2, 0.25) is 11.8 Å². The molecule has 1 aliphatic carbocycles. The summed E-state index contributed by atoms with van der Waals surface area (Å²) in [4.78, 5) is 46.3. The molecule has 0 unspecified atom stereocenters. The van der Waals surface area contributed by atoms with Crippen LogP contribution < -0.4 is 16.4 Å². The highest BCUT2D eigenvalue weighted by Gasteiger charge is 2.29. The van der Waals surface area contributed by atoms with E-state index in [0.29, 0.717) is 23.3 Å². The predicted octanol–water partition coefficient (Wildman–Crippen LogP) is 3.27. The number of nitro benzene ring substituents is 1. The molecule has 10 nitrogen and oxygen atoms in total. The van der Waals surface area contributed by atoms with Crippen LogP contribution in [0.3, 0.4) is 0 Å². The van der Waals surface area contributed by atoms with Gasteiger partial charge in [-0.25, -0.2) is 4.79 Å². The standard InChI is InChI=1S/C21H20N4O6/c26-19(22-14-5-7-15(8-6-14)23-20(27)13-3-4-13)2-1-11-24-17-10-9-16(25(29)30)12-18(17)31-21(24)28/h5-10,12-13H,1-4,11H2,(H,22,26)(H,23,27). The molecule has 0 bridgehead atoms. The van der Waals surface area contributed by atoms with Crippen LogP contribution in [-0.4, -0.2) is 21.3 Å². The number of anilines is 2. The SMILES string of the molecule is O=C(CCCn1c(=O)oc2cc([N+](=O)[O-])ccc21)Nc1ccc(NC(=O)C2CC2)cc1. The fourth-order valence-corrected chi connectivity index (χ4v) is 3.23. The minimum atomic E-state index is -0.625. The van der Waals surface area contributed by atoms with E-state index in [1.54, 1.807) is 24.3 Å². The minimum Gasteiger partial charge on any atom is -0.407 e. The molecule has 0 atom stereocenters. The third kappa shape index (κ3) is 4.80. The summed E-state index contributed by atoms with van der Waals surface area (Å²) < 4.78 is 6.42. The second-order valence-electron chi connectivity index (χ2n) is 7.42. The summed E-state index contributed by atoms with van der Waals surface area (Å²) in [7, 11) is 0. The average Bonchev–Trinajstić information content (AvgIpc) is 3.54. The first-order valence-electron chi connectivity index (χ1n) is 9.89. The van der Waals surface area contributed by atoms with Crippen molar-refractivity contribution in [2.75, 3.05) is 10.6 Å². The molecule has 4 rings (SSSR count). The first-order chi connectivity index (χ1) is 14.9. The van der Waals surface area contributed by atoms with Crippen molar-refractivity contribution in [3.05, 3.63) is 63.1 Å².